The molecule has 1 aliphatic heterocycles. The van der Waals surface area contributed by atoms with E-state index in [4.69, 9.17) is 31.5 Å². The zero-order chi connectivity index (χ0) is 22.0. The van der Waals surface area contributed by atoms with Crippen molar-refractivity contribution < 1.29 is 34.0 Å². The fraction of sp³-hybridized carbons (Fsp3) is 0.150. The van der Waals surface area contributed by atoms with Gasteiger partial charge < -0.3 is 24.4 Å². The number of rotatable bonds is 6. The van der Waals surface area contributed by atoms with Crippen LogP contribution in [0.2, 0.25) is 0 Å². The van der Waals surface area contributed by atoms with Gasteiger partial charge in [-0.3, -0.25) is 9.69 Å². The number of phenols is 1. The van der Waals surface area contributed by atoms with Crippen LogP contribution in [0.1, 0.15) is 15.9 Å². The van der Waals surface area contributed by atoms with Crippen LogP contribution in [0.3, 0.4) is 0 Å². The molecule has 1 aliphatic rings. The predicted molar refractivity (Wildman–Crippen MR) is 117 cm³/mol. The molecule has 2 aromatic carbocycles. The van der Waals surface area contributed by atoms with Crippen molar-refractivity contribution in [3.05, 3.63) is 46.4 Å². The average Bonchev–Trinajstić information content (AvgIpc) is 2.99. The molecule has 2 aromatic rings. The lowest BCUT2D eigenvalue weighted by Gasteiger charge is -2.15. The highest BCUT2D eigenvalue weighted by molar-refractivity contribution is 8.27. The van der Waals surface area contributed by atoms with E-state index in [9.17, 15) is 14.7 Å². The quantitative estimate of drug-likeness (QED) is 0.508. The molecule has 156 valence electrons. The van der Waals surface area contributed by atoms with Gasteiger partial charge in [0.2, 0.25) is 5.75 Å². The summed E-state index contributed by atoms with van der Waals surface area (Å²) in [6.45, 7) is 0. The number of benzene rings is 2. The third-order valence-corrected chi connectivity index (χ3v) is 5.55. The van der Waals surface area contributed by atoms with Gasteiger partial charge in [0.25, 0.3) is 5.91 Å². The van der Waals surface area contributed by atoms with Crippen LogP contribution < -0.4 is 19.1 Å². The van der Waals surface area contributed by atoms with Crippen LogP contribution in [0, 0.1) is 0 Å². The van der Waals surface area contributed by atoms with E-state index in [1.165, 1.54) is 44.4 Å². The number of hydrogen-bond acceptors (Lipinski definition) is 8. The Balaban J connectivity index is 1.98. The number of nitrogens with zero attached hydrogens (tertiary/aromatic N) is 1. The Morgan fingerprint density at radius 1 is 1.10 bits per heavy atom. The Hall–Kier alpha value is -3.24. The first-order chi connectivity index (χ1) is 14.3. The Morgan fingerprint density at radius 2 is 1.73 bits per heavy atom. The number of ether oxygens (including phenoxy) is 3. The molecule has 1 heterocycles. The van der Waals surface area contributed by atoms with E-state index in [0.29, 0.717) is 27.7 Å². The van der Waals surface area contributed by atoms with E-state index < -0.39 is 17.6 Å². The minimum atomic E-state index is -1.27. The fourth-order valence-corrected chi connectivity index (χ4v) is 4.17. The highest BCUT2D eigenvalue weighted by Gasteiger charge is 2.34. The van der Waals surface area contributed by atoms with Crippen LogP contribution in [-0.2, 0) is 4.79 Å². The van der Waals surface area contributed by atoms with Crippen LogP contribution in [-0.4, -0.2) is 47.7 Å². The van der Waals surface area contributed by atoms with Gasteiger partial charge in [-0.2, -0.15) is 0 Å². The third-order valence-electron chi connectivity index (χ3n) is 4.25. The van der Waals surface area contributed by atoms with Gasteiger partial charge in [-0.15, -0.1) is 0 Å². The van der Waals surface area contributed by atoms with E-state index in [2.05, 4.69) is 0 Å². The molecule has 10 heteroatoms. The molecule has 0 aromatic heterocycles. The van der Waals surface area contributed by atoms with Crippen molar-refractivity contribution in [2.75, 3.05) is 26.2 Å². The first-order valence-corrected chi connectivity index (χ1v) is 9.67. The minimum absolute atomic E-state index is 0.251. The molecule has 30 heavy (non-hydrogen) atoms. The van der Waals surface area contributed by atoms with E-state index in [1.807, 2.05) is 0 Å². The maximum Gasteiger partial charge on any atom is 0.339 e. The number of hydrogen-bond donors (Lipinski definition) is 2. The van der Waals surface area contributed by atoms with Gasteiger partial charge in [0.15, 0.2) is 15.8 Å². The number of amides is 1. The summed E-state index contributed by atoms with van der Waals surface area (Å²) < 4.78 is 16.2. The second-order valence-electron chi connectivity index (χ2n) is 5.98. The first kappa shape index (κ1) is 21.5. The molecule has 0 atom stereocenters. The number of thioether (sulfide) groups is 1. The van der Waals surface area contributed by atoms with Crippen molar-refractivity contribution >= 4 is 51.9 Å². The average molecular weight is 447 g/mol. The van der Waals surface area contributed by atoms with E-state index in [-0.39, 0.29) is 15.6 Å². The third kappa shape index (κ3) is 3.91. The highest BCUT2D eigenvalue weighted by atomic mass is 32.2. The topological polar surface area (TPSA) is 106 Å². The van der Waals surface area contributed by atoms with Crippen LogP contribution >= 0.6 is 24.0 Å². The standard InChI is InChI=1S/C20H17NO7S2/c1-26-14-6-10(7-15(27-2)17(14)28-3)8-16-18(23)21(20(29)30-16)11-4-5-12(19(24)25)13(22)9-11/h4-9,22H,1-3H3,(H,24,25)/b16-8-. The molecule has 8 nitrogen and oxygen atoms in total. The summed E-state index contributed by atoms with van der Waals surface area (Å²) in [5.41, 5.74) is 0.638. The molecule has 0 bridgehead atoms. The predicted octanol–water partition coefficient (Wildman–Crippen LogP) is 3.52. The lowest BCUT2D eigenvalue weighted by molar-refractivity contribution is -0.113. The summed E-state index contributed by atoms with van der Waals surface area (Å²) in [4.78, 5) is 25.6. The Kier molecular flexibility index (Phi) is 6.18. The van der Waals surface area contributed by atoms with E-state index in [0.717, 1.165) is 11.8 Å². The zero-order valence-electron chi connectivity index (χ0n) is 16.2. The Bertz CT molecular complexity index is 1060. The number of methoxy groups -OCH3 is 3. The molecule has 2 N–H and O–H groups in total. The molecular formula is C20H17NO7S2. The molecule has 0 saturated carbocycles. The molecule has 0 spiro atoms. The summed E-state index contributed by atoms with van der Waals surface area (Å²) in [7, 11) is 4.48. The number of carboxylic acids is 1. The number of aromatic carboxylic acids is 1. The smallest absolute Gasteiger partial charge is 0.339 e. The number of carbonyl (C=O) groups excluding carboxylic acids is 1. The van der Waals surface area contributed by atoms with Gasteiger partial charge in [0.05, 0.1) is 31.9 Å². The summed E-state index contributed by atoms with van der Waals surface area (Å²) >= 11 is 6.40. The zero-order valence-corrected chi connectivity index (χ0v) is 17.8. The van der Waals surface area contributed by atoms with Crippen molar-refractivity contribution in [1.82, 2.24) is 0 Å². The van der Waals surface area contributed by atoms with Gasteiger partial charge in [0.1, 0.15) is 11.3 Å². The second kappa shape index (κ2) is 8.64. The monoisotopic (exact) mass is 447 g/mol. The maximum absolute atomic E-state index is 12.9. The molecule has 1 fully saturated rings. The van der Waals surface area contributed by atoms with Crippen molar-refractivity contribution in [3.8, 4) is 23.0 Å². The highest BCUT2D eigenvalue weighted by Crippen LogP contribution is 2.41. The number of carbonyl (C=O) groups is 2. The Morgan fingerprint density at radius 3 is 2.23 bits per heavy atom. The normalized spacial score (nSPS) is 14.9. The van der Waals surface area contributed by atoms with E-state index >= 15 is 0 Å². The van der Waals surface area contributed by atoms with Gasteiger partial charge in [-0.05, 0) is 35.9 Å². The Labute approximate surface area is 181 Å². The number of carboxylic acid groups (broad SMARTS) is 1. The molecular weight excluding hydrogens is 430 g/mol. The van der Waals surface area contributed by atoms with Crippen LogP contribution in [0.15, 0.2) is 35.2 Å². The van der Waals surface area contributed by atoms with Gasteiger partial charge in [-0.1, -0.05) is 24.0 Å². The second-order valence-corrected chi connectivity index (χ2v) is 7.66. The van der Waals surface area contributed by atoms with Crippen molar-refractivity contribution in [2.45, 2.75) is 0 Å². The minimum Gasteiger partial charge on any atom is -0.507 e. The largest absolute Gasteiger partial charge is 0.507 e. The summed E-state index contributed by atoms with van der Waals surface area (Å²) in [5, 5.41) is 19.0. The summed E-state index contributed by atoms with van der Waals surface area (Å²) in [5.74, 6) is -0.824. The van der Waals surface area contributed by atoms with Crippen molar-refractivity contribution in [2.24, 2.45) is 0 Å². The molecule has 3 rings (SSSR count). The molecule has 1 saturated heterocycles. The van der Waals surface area contributed by atoms with Gasteiger partial charge in [0, 0.05) is 6.07 Å². The molecule has 0 unspecified atom stereocenters. The lowest BCUT2D eigenvalue weighted by Crippen LogP contribution is -2.27. The van der Waals surface area contributed by atoms with Crippen molar-refractivity contribution in [1.29, 1.82) is 0 Å². The van der Waals surface area contributed by atoms with Crippen molar-refractivity contribution in [3.63, 3.8) is 0 Å². The van der Waals surface area contributed by atoms with E-state index in [1.54, 1.807) is 18.2 Å². The molecule has 0 radical (unpaired) electrons. The van der Waals surface area contributed by atoms with Gasteiger partial charge >= 0.3 is 5.97 Å². The lowest BCUT2D eigenvalue weighted by atomic mass is 10.1. The molecule has 1 amide bonds. The summed E-state index contributed by atoms with van der Waals surface area (Å²) in [6, 6.07) is 7.21. The first-order valence-electron chi connectivity index (χ1n) is 8.45. The van der Waals surface area contributed by atoms with Crippen LogP contribution in [0.4, 0.5) is 5.69 Å². The SMILES string of the molecule is COc1cc(/C=C2\SC(=S)N(c3ccc(C(=O)O)c(O)c3)C2=O)cc(OC)c1OC. The van der Waals surface area contributed by atoms with Crippen LogP contribution in [0.5, 0.6) is 23.0 Å². The number of aromatic hydroxyl groups is 1. The van der Waals surface area contributed by atoms with Crippen LogP contribution in [0.25, 0.3) is 6.08 Å². The summed E-state index contributed by atoms with van der Waals surface area (Å²) in [6.07, 6.45) is 1.63. The van der Waals surface area contributed by atoms with Gasteiger partial charge in [-0.25, -0.2) is 4.79 Å². The maximum atomic E-state index is 12.9. The fourth-order valence-electron chi connectivity index (χ4n) is 2.87. The number of anilines is 1. The number of thiocarbonyl (C=S) groups is 1. The molecule has 0 aliphatic carbocycles.